The van der Waals surface area contributed by atoms with E-state index in [-0.39, 0.29) is 28.6 Å². The number of esters is 1. The van der Waals surface area contributed by atoms with E-state index in [2.05, 4.69) is 5.10 Å². The quantitative estimate of drug-likeness (QED) is 0.418. The summed E-state index contributed by atoms with van der Waals surface area (Å²) in [6.07, 6.45) is 1.41. The number of benzene rings is 1. The first-order valence-electron chi connectivity index (χ1n) is 6.82. The van der Waals surface area contributed by atoms with Crippen LogP contribution in [0.3, 0.4) is 0 Å². The zero-order valence-corrected chi connectivity index (χ0v) is 15.4. The summed E-state index contributed by atoms with van der Waals surface area (Å²) < 4.78 is 6.30. The fourth-order valence-electron chi connectivity index (χ4n) is 2.04. The second-order valence-corrected chi connectivity index (χ2v) is 6.34. The first kappa shape index (κ1) is 18.9. The number of ether oxygens (including phenoxy) is 1. The van der Waals surface area contributed by atoms with E-state index < -0.39 is 11.3 Å². The SMILES string of the molecule is CCOC(=O)C(Cl)Cc1c(C#N)cnn1-c1ccc(Cl)c(Cl)c1Cl. The number of hydrogen-bond acceptors (Lipinski definition) is 4. The molecule has 1 aromatic heterocycles. The number of alkyl halides is 1. The summed E-state index contributed by atoms with van der Waals surface area (Å²) >= 11 is 24.3. The van der Waals surface area contributed by atoms with Crippen LogP contribution in [0.15, 0.2) is 18.3 Å². The van der Waals surface area contributed by atoms with E-state index in [0.717, 1.165) is 0 Å². The van der Waals surface area contributed by atoms with Crippen LogP contribution in [0.25, 0.3) is 5.69 Å². The highest BCUT2D eigenvalue weighted by molar-refractivity contribution is 6.48. The van der Waals surface area contributed by atoms with E-state index in [0.29, 0.717) is 16.4 Å². The molecule has 126 valence electrons. The summed E-state index contributed by atoms with van der Waals surface area (Å²) in [4.78, 5) is 11.8. The predicted molar refractivity (Wildman–Crippen MR) is 93.3 cm³/mol. The van der Waals surface area contributed by atoms with Crippen LogP contribution in [-0.4, -0.2) is 27.7 Å². The van der Waals surface area contributed by atoms with Crippen LogP contribution < -0.4 is 0 Å². The van der Waals surface area contributed by atoms with Crippen LogP contribution in [0.5, 0.6) is 0 Å². The number of aromatic nitrogens is 2. The van der Waals surface area contributed by atoms with Gasteiger partial charge in [-0.25, -0.2) is 4.68 Å². The van der Waals surface area contributed by atoms with E-state index in [4.69, 9.17) is 51.1 Å². The Kier molecular flexibility index (Phi) is 6.36. The van der Waals surface area contributed by atoms with Crippen molar-refractivity contribution in [2.45, 2.75) is 18.7 Å². The van der Waals surface area contributed by atoms with Crippen molar-refractivity contribution in [3.05, 3.63) is 44.7 Å². The normalized spacial score (nSPS) is 11.8. The molecule has 1 atom stereocenters. The Hall–Kier alpha value is -1.45. The first-order chi connectivity index (χ1) is 11.4. The molecule has 24 heavy (non-hydrogen) atoms. The van der Waals surface area contributed by atoms with Crippen molar-refractivity contribution in [2.75, 3.05) is 6.61 Å². The minimum absolute atomic E-state index is 0.0415. The molecule has 0 saturated heterocycles. The molecular weight excluding hydrogens is 396 g/mol. The molecule has 0 fully saturated rings. The summed E-state index contributed by atoms with van der Waals surface area (Å²) in [6.45, 7) is 1.90. The highest BCUT2D eigenvalue weighted by Gasteiger charge is 2.24. The fourth-order valence-corrected chi connectivity index (χ4v) is 2.86. The summed E-state index contributed by atoms with van der Waals surface area (Å²) in [5.74, 6) is -0.573. The Morgan fingerprint density at radius 1 is 1.38 bits per heavy atom. The van der Waals surface area contributed by atoms with Gasteiger partial charge in [-0.05, 0) is 19.1 Å². The van der Waals surface area contributed by atoms with Crippen LogP contribution in [0.1, 0.15) is 18.2 Å². The average molecular weight is 407 g/mol. The lowest BCUT2D eigenvalue weighted by molar-refractivity contribution is -0.142. The summed E-state index contributed by atoms with van der Waals surface area (Å²) in [7, 11) is 0. The summed E-state index contributed by atoms with van der Waals surface area (Å²) in [5.41, 5.74) is 1.12. The van der Waals surface area contributed by atoms with Crippen molar-refractivity contribution < 1.29 is 9.53 Å². The van der Waals surface area contributed by atoms with Gasteiger partial charge in [-0.2, -0.15) is 10.4 Å². The van der Waals surface area contributed by atoms with E-state index in [1.165, 1.54) is 10.9 Å². The maximum atomic E-state index is 11.8. The lowest BCUT2D eigenvalue weighted by Gasteiger charge is -2.13. The second kappa shape index (κ2) is 8.09. The van der Waals surface area contributed by atoms with Gasteiger partial charge in [0.05, 0.1) is 44.8 Å². The van der Waals surface area contributed by atoms with Gasteiger partial charge in [0.1, 0.15) is 11.4 Å². The van der Waals surface area contributed by atoms with Crippen molar-refractivity contribution in [1.29, 1.82) is 5.26 Å². The third kappa shape index (κ3) is 3.79. The molecule has 0 radical (unpaired) electrons. The van der Waals surface area contributed by atoms with Gasteiger partial charge in [-0.1, -0.05) is 34.8 Å². The number of nitrogens with zero attached hydrogens (tertiary/aromatic N) is 3. The average Bonchev–Trinajstić information content (AvgIpc) is 2.95. The minimum Gasteiger partial charge on any atom is -0.465 e. The molecule has 0 spiro atoms. The molecule has 0 saturated carbocycles. The topological polar surface area (TPSA) is 67.9 Å². The summed E-state index contributed by atoms with van der Waals surface area (Å²) in [6, 6.07) is 5.19. The number of carbonyl (C=O) groups excluding carboxylic acids is 1. The van der Waals surface area contributed by atoms with Crippen molar-refractivity contribution in [2.24, 2.45) is 0 Å². The molecule has 2 aromatic rings. The Morgan fingerprint density at radius 2 is 2.08 bits per heavy atom. The fraction of sp³-hybridized carbons (Fsp3) is 0.267. The van der Waals surface area contributed by atoms with Crippen molar-refractivity contribution in [3.63, 3.8) is 0 Å². The van der Waals surface area contributed by atoms with Crippen LogP contribution in [0.4, 0.5) is 0 Å². The van der Waals surface area contributed by atoms with Gasteiger partial charge in [-0.15, -0.1) is 11.6 Å². The molecule has 0 amide bonds. The van der Waals surface area contributed by atoms with Gasteiger partial charge >= 0.3 is 5.97 Å². The minimum atomic E-state index is -0.964. The number of rotatable bonds is 5. The van der Waals surface area contributed by atoms with Crippen molar-refractivity contribution >= 4 is 52.4 Å². The molecule has 2 rings (SSSR count). The van der Waals surface area contributed by atoms with E-state index >= 15 is 0 Å². The molecule has 0 aliphatic carbocycles. The van der Waals surface area contributed by atoms with Crippen LogP contribution in [0, 0.1) is 11.3 Å². The predicted octanol–water partition coefficient (Wildman–Crippen LogP) is 4.42. The maximum absolute atomic E-state index is 11.8. The second-order valence-electron chi connectivity index (χ2n) is 4.65. The molecule has 0 aliphatic heterocycles. The zero-order valence-electron chi connectivity index (χ0n) is 12.4. The molecule has 0 N–H and O–H groups in total. The highest BCUT2D eigenvalue weighted by Crippen LogP contribution is 2.35. The maximum Gasteiger partial charge on any atom is 0.324 e. The molecule has 9 heteroatoms. The summed E-state index contributed by atoms with van der Waals surface area (Å²) in [5, 5.41) is 13.1. The molecule has 0 aliphatic rings. The van der Waals surface area contributed by atoms with Gasteiger partial charge < -0.3 is 4.74 Å². The van der Waals surface area contributed by atoms with Crippen molar-refractivity contribution in [1.82, 2.24) is 9.78 Å². The Bertz CT molecular complexity index is 814. The highest BCUT2D eigenvalue weighted by atomic mass is 35.5. The Balaban J connectivity index is 2.47. The number of halogens is 4. The van der Waals surface area contributed by atoms with E-state index in [9.17, 15) is 10.1 Å². The molecule has 5 nitrogen and oxygen atoms in total. The number of hydrogen-bond donors (Lipinski definition) is 0. The number of nitriles is 1. The third-order valence-electron chi connectivity index (χ3n) is 3.15. The standard InChI is InChI=1S/C15H11Cl4N3O2/c1-2-24-15(23)10(17)5-12-8(6-20)7-21-22(12)11-4-3-9(16)13(18)14(11)19/h3-4,7,10H,2,5H2,1H3. The third-order valence-corrected chi connectivity index (χ3v) is 4.76. The Labute approximate surface area is 158 Å². The molecule has 1 unspecified atom stereocenters. The van der Waals surface area contributed by atoms with Gasteiger partial charge in [0.2, 0.25) is 0 Å². The monoisotopic (exact) mass is 405 g/mol. The zero-order chi connectivity index (χ0) is 17.9. The van der Waals surface area contributed by atoms with Crippen LogP contribution >= 0.6 is 46.4 Å². The molecule has 1 aromatic carbocycles. The van der Waals surface area contributed by atoms with E-state index in [1.54, 1.807) is 19.1 Å². The van der Waals surface area contributed by atoms with Crippen LogP contribution in [-0.2, 0) is 16.0 Å². The molecular formula is C15H11Cl4N3O2. The Morgan fingerprint density at radius 3 is 2.71 bits per heavy atom. The van der Waals surface area contributed by atoms with Crippen LogP contribution in [0.2, 0.25) is 15.1 Å². The largest absolute Gasteiger partial charge is 0.465 e. The smallest absolute Gasteiger partial charge is 0.324 e. The van der Waals surface area contributed by atoms with Gasteiger partial charge in [-0.3, -0.25) is 4.79 Å². The molecule has 1 heterocycles. The molecule has 0 bridgehead atoms. The lowest BCUT2D eigenvalue weighted by Crippen LogP contribution is -2.22. The van der Waals surface area contributed by atoms with Gasteiger partial charge in [0.25, 0.3) is 0 Å². The van der Waals surface area contributed by atoms with Gasteiger partial charge in [0, 0.05) is 6.42 Å². The van der Waals surface area contributed by atoms with Crippen molar-refractivity contribution in [3.8, 4) is 11.8 Å². The van der Waals surface area contributed by atoms with Gasteiger partial charge in [0.15, 0.2) is 0 Å². The first-order valence-corrected chi connectivity index (χ1v) is 8.39. The number of carbonyl (C=O) groups is 1. The lowest BCUT2D eigenvalue weighted by atomic mass is 10.1. The van der Waals surface area contributed by atoms with E-state index in [1.807, 2.05) is 6.07 Å².